The predicted molar refractivity (Wildman–Crippen MR) is 83.0 cm³/mol. The minimum atomic E-state index is -0.0647. The van der Waals surface area contributed by atoms with Gasteiger partial charge in [-0.3, -0.25) is 4.79 Å². The van der Waals surface area contributed by atoms with E-state index in [0.717, 1.165) is 10.0 Å². The van der Waals surface area contributed by atoms with E-state index in [4.69, 9.17) is 16.3 Å². The zero-order valence-electron chi connectivity index (χ0n) is 10.5. The molecule has 108 valence electrons. The summed E-state index contributed by atoms with van der Waals surface area (Å²) in [5.74, 6) is -0.0647. The highest BCUT2D eigenvalue weighted by atomic mass is 79.9. The molecule has 1 aromatic carbocycles. The summed E-state index contributed by atoms with van der Waals surface area (Å²) in [6.07, 6.45) is 0. The average Bonchev–Trinajstić information content (AvgIpc) is 2.33. The first kappa shape index (κ1) is 18.7. The number of amides is 1. The Morgan fingerprint density at radius 3 is 2.84 bits per heavy atom. The molecule has 2 N–H and O–H groups in total. The van der Waals surface area contributed by atoms with Crippen LogP contribution in [0.25, 0.3) is 0 Å². The van der Waals surface area contributed by atoms with E-state index in [1.165, 1.54) is 0 Å². The summed E-state index contributed by atoms with van der Waals surface area (Å²) in [7, 11) is 1.62. The third-order valence-electron chi connectivity index (χ3n) is 2.26. The number of ether oxygens (including phenoxy) is 1. The summed E-state index contributed by atoms with van der Waals surface area (Å²) < 4.78 is 5.78. The number of halogens is 3. The molecule has 0 unspecified atom stereocenters. The van der Waals surface area contributed by atoms with Gasteiger partial charge in [-0.15, -0.1) is 12.4 Å². The second kappa shape index (κ2) is 10.5. The molecule has 0 fully saturated rings. The van der Waals surface area contributed by atoms with Gasteiger partial charge >= 0.3 is 0 Å². The number of hydrogen-bond acceptors (Lipinski definition) is 3. The second-order valence-corrected chi connectivity index (χ2v) is 5.00. The minimum absolute atomic E-state index is 0. The van der Waals surface area contributed by atoms with Crippen LogP contribution >= 0.6 is 39.9 Å². The maximum atomic E-state index is 11.5. The lowest BCUT2D eigenvalue weighted by Crippen LogP contribution is -2.34. The van der Waals surface area contributed by atoms with Gasteiger partial charge in [0, 0.05) is 29.7 Å². The van der Waals surface area contributed by atoms with Crippen molar-refractivity contribution in [2.75, 3.05) is 26.8 Å². The van der Waals surface area contributed by atoms with Crippen LogP contribution in [0.4, 0.5) is 0 Å². The molecule has 0 saturated carbocycles. The number of benzene rings is 1. The van der Waals surface area contributed by atoms with E-state index in [2.05, 4.69) is 26.6 Å². The molecule has 0 aliphatic rings. The molecule has 0 bridgehead atoms. The third-order valence-corrected chi connectivity index (χ3v) is 3.10. The van der Waals surface area contributed by atoms with Gasteiger partial charge in [0.15, 0.2) is 0 Å². The Kier molecular flexibility index (Phi) is 10.3. The van der Waals surface area contributed by atoms with Crippen LogP contribution in [0.3, 0.4) is 0 Å². The molecule has 0 heterocycles. The first-order valence-corrected chi connectivity index (χ1v) is 6.71. The van der Waals surface area contributed by atoms with E-state index < -0.39 is 0 Å². The zero-order valence-corrected chi connectivity index (χ0v) is 13.7. The highest BCUT2D eigenvalue weighted by molar-refractivity contribution is 9.10. The largest absolute Gasteiger partial charge is 0.383 e. The lowest BCUT2D eigenvalue weighted by Gasteiger charge is -2.08. The summed E-state index contributed by atoms with van der Waals surface area (Å²) in [5.41, 5.74) is 0.894. The van der Waals surface area contributed by atoms with Crippen LogP contribution in [-0.2, 0) is 16.1 Å². The highest BCUT2D eigenvalue weighted by Gasteiger charge is 2.04. The summed E-state index contributed by atoms with van der Waals surface area (Å²) in [4.78, 5) is 11.5. The van der Waals surface area contributed by atoms with Crippen LogP contribution in [0, 0.1) is 0 Å². The fraction of sp³-hybridized carbons (Fsp3) is 0.417. The first-order chi connectivity index (χ1) is 8.63. The van der Waals surface area contributed by atoms with Gasteiger partial charge in [-0.1, -0.05) is 33.6 Å². The Labute approximate surface area is 132 Å². The fourth-order valence-electron chi connectivity index (χ4n) is 1.30. The van der Waals surface area contributed by atoms with E-state index in [-0.39, 0.29) is 24.9 Å². The van der Waals surface area contributed by atoms with Crippen molar-refractivity contribution >= 4 is 45.8 Å². The van der Waals surface area contributed by atoms with Gasteiger partial charge < -0.3 is 15.4 Å². The van der Waals surface area contributed by atoms with Crippen molar-refractivity contribution in [2.24, 2.45) is 0 Å². The van der Waals surface area contributed by atoms with Gasteiger partial charge in [0.05, 0.1) is 13.2 Å². The number of carbonyl (C=O) groups is 1. The molecule has 1 aromatic rings. The predicted octanol–water partition coefficient (Wildman–Crippen LogP) is 2.38. The Hall–Kier alpha value is -0.330. The molecule has 4 nitrogen and oxygen atoms in total. The third kappa shape index (κ3) is 7.74. The van der Waals surface area contributed by atoms with Crippen LogP contribution in [0.15, 0.2) is 22.7 Å². The SMILES string of the molecule is COCCNCC(=O)NCc1ccc(Br)cc1Cl.Cl. The van der Waals surface area contributed by atoms with Gasteiger partial charge in [-0.2, -0.15) is 0 Å². The van der Waals surface area contributed by atoms with Crippen LogP contribution in [0.1, 0.15) is 5.56 Å². The van der Waals surface area contributed by atoms with E-state index in [9.17, 15) is 4.79 Å². The van der Waals surface area contributed by atoms with Crippen molar-refractivity contribution in [3.63, 3.8) is 0 Å². The average molecular weight is 372 g/mol. The number of carbonyl (C=O) groups excluding carboxylic acids is 1. The first-order valence-electron chi connectivity index (χ1n) is 5.53. The van der Waals surface area contributed by atoms with Gasteiger partial charge in [-0.05, 0) is 17.7 Å². The molecule has 0 atom stereocenters. The maximum Gasteiger partial charge on any atom is 0.234 e. The van der Waals surface area contributed by atoms with Crippen molar-refractivity contribution in [1.29, 1.82) is 0 Å². The zero-order chi connectivity index (χ0) is 13.4. The van der Waals surface area contributed by atoms with Gasteiger partial charge in [0.25, 0.3) is 0 Å². The molecular formula is C12H17BrCl2N2O2. The van der Waals surface area contributed by atoms with E-state index in [1.54, 1.807) is 13.2 Å². The molecule has 0 aliphatic heterocycles. The molecule has 1 rings (SSSR count). The van der Waals surface area contributed by atoms with Crippen molar-refractivity contribution in [3.8, 4) is 0 Å². The number of nitrogens with one attached hydrogen (secondary N) is 2. The summed E-state index contributed by atoms with van der Waals surface area (Å²) in [5, 5.41) is 6.40. The molecular weight excluding hydrogens is 355 g/mol. The van der Waals surface area contributed by atoms with Crippen LogP contribution in [0.2, 0.25) is 5.02 Å². The molecule has 0 aliphatic carbocycles. The van der Waals surface area contributed by atoms with Crippen molar-refractivity contribution in [3.05, 3.63) is 33.3 Å². The van der Waals surface area contributed by atoms with Crippen LogP contribution in [0.5, 0.6) is 0 Å². The lowest BCUT2D eigenvalue weighted by molar-refractivity contribution is -0.120. The maximum absolute atomic E-state index is 11.5. The molecule has 0 aromatic heterocycles. The van der Waals surface area contributed by atoms with Gasteiger partial charge in [0.1, 0.15) is 0 Å². The summed E-state index contributed by atoms with van der Waals surface area (Å²) in [6.45, 7) is 1.95. The number of methoxy groups -OCH3 is 1. The molecule has 7 heteroatoms. The van der Waals surface area contributed by atoms with Crippen LogP contribution < -0.4 is 10.6 Å². The minimum Gasteiger partial charge on any atom is -0.383 e. The topological polar surface area (TPSA) is 50.4 Å². The number of rotatable bonds is 7. The Morgan fingerprint density at radius 1 is 1.47 bits per heavy atom. The quantitative estimate of drug-likeness (QED) is 0.723. The summed E-state index contributed by atoms with van der Waals surface area (Å²) in [6, 6.07) is 5.58. The van der Waals surface area contributed by atoms with Crippen molar-refractivity contribution < 1.29 is 9.53 Å². The Bertz CT molecular complexity index is 405. The van der Waals surface area contributed by atoms with Gasteiger partial charge in [-0.25, -0.2) is 0 Å². The molecule has 19 heavy (non-hydrogen) atoms. The van der Waals surface area contributed by atoms with E-state index >= 15 is 0 Å². The van der Waals surface area contributed by atoms with Crippen LogP contribution in [-0.4, -0.2) is 32.7 Å². The highest BCUT2D eigenvalue weighted by Crippen LogP contribution is 2.20. The standard InChI is InChI=1S/C12H16BrClN2O2.ClH/c1-18-5-4-15-8-12(17)16-7-9-2-3-10(13)6-11(9)14;/h2-3,6,15H,4-5,7-8H2,1H3,(H,16,17);1H. The smallest absolute Gasteiger partial charge is 0.234 e. The van der Waals surface area contributed by atoms with E-state index in [1.807, 2.05) is 12.1 Å². The molecule has 0 saturated heterocycles. The fourth-order valence-corrected chi connectivity index (χ4v) is 2.04. The number of hydrogen-bond donors (Lipinski definition) is 2. The Balaban J connectivity index is 0.00000324. The molecule has 0 radical (unpaired) electrons. The molecule has 1 amide bonds. The normalized spacial score (nSPS) is 9.84. The lowest BCUT2D eigenvalue weighted by atomic mass is 10.2. The summed E-state index contributed by atoms with van der Waals surface area (Å²) >= 11 is 9.38. The van der Waals surface area contributed by atoms with Crippen molar-refractivity contribution in [1.82, 2.24) is 10.6 Å². The van der Waals surface area contributed by atoms with E-state index in [0.29, 0.717) is 24.7 Å². The van der Waals surface area contributed by atoms with Crippen molar-refractivity contribution in [2.45, 2.75) is 6.54 Å². The Morgan fingerprint density at radius 2 is 2.21 bits per heavy atom. The molecule has 0 spiro atoms. The van der Waals surface area contributed by atoms with Gasteiger partial charge in [0.2, 0.25) is 5.91 Å². The second-order valence-electron chi connectivity index (χ2n) is 3.68. The monoisotopic (exact) mass is 370 g/mol.